The second-order valence-electron chi connectivity index (χ2n) is 4.01. The van der Waals surface area contributed by atoms with E-state index < -0.39 is 0 Å². The van der Waals surface area contributed by atoms with Crippen LogP contribution >= 0.6 is 0 Å². The lowest BCUT2D eigenvalue weighted by Crippen LogP contribution is -2.37. The molecule has 1 unspecified atom stereocenters. The minimum Gasteiger partial charge on any atom is -0.308 e. The van der Waals surface area contributed by atoms with Crippen molar-refractivity contribution >= 4 is 17.9 Å². The molecular weight excluding hydrogens is 210 g/mol. The van der Waals surface area contributed by atoms with Crippen LogP contribution in [-0.4, -0.2) is 59.4 Å². The number of carbonyl (C=O) groups is 2. The molecule has 3 heterocycles. The zero-order valence-corrected chi connectivity index (χ0v) is 8.97. The number of nitrogens with zero attached hydrogens (tertiary/aromatic N) is 4. The standard InChI is InChI=1S/C9H11N5O2/c1-12-5-3-14-4-6(15)10-8(14)11-7(5)13(2)9(12)16/h3,7H,4H2,1-2H3,(H,10,11,15). The minimum absolute atomic E-state index is 0.0767. The maximum absolute atomic E-state index is 11.7. The molecule has 7 heteroatoms. The fourth-order valence-electron chi connectivity index (χ4n) is 2.08. The van der Waals surface area contributed by atoms with Gasteiger partial charge in [-0.1, -0.05) is 0 Å². The third-order valence-corrected chi connectivity index (χ3v) is 2.98. The summed E-state index contributed by atoms with van der Waals surface area (Å²) in [7, 11) is 3.40. The van der Waals surface area contributed by atoms with Crippen molar-refractivity contribution in [1.29, 1.82) is 0 Å². The highest BCUT2D eigenvalue weighted by molar-refractivity contribution is 6.05. The molecule has 2 fully saturated rings. The number of nitrogens with one attached hydrogen (secondary N) is 1. The molecule has 3 aliphatic heterocycles. The van der Waals surface area contributed by atoms with E-state index in [9.17, 15) is 9.59 Å². The van der Waals surface area contributed by atoms with Crippen LogP contribution in [0.3, 0.4) is 0 Å². The number of aliphatic imine (C=N–C) groups is 1. The monoisotopic (exact) mass is 221 g/mol. The van der Waals surface area contributed by atoms with Gasteiger partial charge in [0.15, 0.2) is 6.17 Å². The first-order valence-electron chi connectivity index (χ1n) is 4.94. The molecule has 2 saturated heterocycles. The number of amides is 3. The molecule has 0 aromatic heterocycles. The van der Waals surface area contributed by atoms with Gasteiger partial charge in [-0.05, 0) is 0 Å². The van der Waals surface area contributed by atoms with Gasteiger partial charge in [-0.25, -0.2) is 9.79 Å². The number of guanidine groups is 1. The van der Waals surface area contributed by atoms with E-state index in [1.54, 1.807) is 35.0 Å². The van der Waals surface area contributed by atoms with Crippen molar-refractivity contribution in [2.45, 2.75) is 6.17 Å². The zero-order chi connectivity index (χ0) is 11.4. The van der Waals surface area contributed by atoms with Crippen molar-refractivity contribution < 1.29 is 9.59 Å². The van der Waals surface area contributed by atoms with Gasteiger partial charge >= 0.3 is 6.03 Å². The molecule has 1 N–H and O–H groups in total. The van der Waals surface area contributed by atoms with Gasteiger partial charge in [-0.2, -0.15) is 0 Å². The Balaban J connectivity index is 2.02. The Bertz CT molecular complexity index is 455. The Morgan fingerprint density at radius 2 is 2.19 bits per heavy atom. The third kappa shape index (κ3) is 0.995. The average molecular weight is 221 g/mol. The minimum atomic E-state index is -0.317. The van der Waals surface area contributed by atoms with Crippen molar-refractivity contribution in [2.75, 3.05) is 20.6 Å². The van der Waals surface area contributed by atoms with Gasteiger partial charge in [0.2, 0.25) is 11.9 Å². The van der Waals surface area contributed by atoms with Crippen molar-refractivity contribution in [3.63, 3.8) is 0 Å². The van der Waals surface area contributed by atoms with E-state index in [1.165, 1.54) is 0 Å². The first-order valence-corrected chi connectivity index (χ1v) is 4.94. The fraction of sp³-hybridized carbons (Fsp3) is 0.444. The van der Waals surface area contributed by atoms with E-state index in [2.05, 4.69) is 10.3 Å². The largest absolute Gasteiger partial charge is 0.325 e. The Morgan fingerprint density at radius 1 is 1.44 bits per heavy atom. The van der Waals surface area contributed by atoms with E-state index in [0.717, 1.165) is 5.70 Å². The van der Waals surface area contributed by atoms with E-state index in [-0.39, 0.29) is 24.6 Å². The van der Waals surface area contributed by atoms with Gasteiger partial charge in [-0.3, -0.25) is 19.9 Å². The van der Waals surface area contributed by atoms with Crippen LogP contribution in [0.5, 0.6) is 0 Å². The number of rotatable bonds is 0. The average Bonchev–Trinajstić information content (AvgIpc) is 2.70. The van der Waals surface area contributed by atoms with Crippen LogP contribution in [0.2, 0.25) is 0 Å². The number of urea groups is 1. The predicted molar refractivity (Wildman–Crippen MR) is 55.1 cm³/mol. The smallest absolute Gasteiger partial charge is 0.308 e. The van der Waals surface area contributed by atoms with Gasteiger partial charge < -0.3 is 4.90 Å². The molecule has 7 nitrogen and oxygen atoms in total. The SMILES string of the molecule is CN1C(=O)N(C)C2N=C3NC(=O)CN3C=C21. The second kappa shape index (κ2) is 2.75. The van der Waals surface area contributed by atoms with Crippen LogP contribution in [0.1, 0.15) is 0 Å². The lowest BCUT2D eigenvalue weighted by Gasteiger charge is -2.23. The van der Waals surface area contributed by atoms with E-state index >= 15 is 0 Å². The third-order valence-electron chi connectivity index (χ3n) is 2.98. The molecule has 0 aromatic rings. The van der Waals surface area contributed by atoms with Crippen LogP contribution in [-0.2, 0) is 4.79 Å². The summed E-state index contributed by atoms with van der Waals surface area (Å²) in [4.78, 5) is 32.0. The molecule has 0 saturated carbocycles. The lowest BCUT2D eigenvalue weighted by atomic mass is 10.3. The molecule has 84 valence electrons. The maximum atomic E-state index is 11.7. The molecule has 1 atom stereocenters. The maximum Gasteiger partial charge on any atom is 0.325 e. The van der Waals surface area contributed by atoms with Crippen LogP contribution < -0.4 is 5.32 Å². The first-order chi connectivity index (χ1) is 7.58. The number of hydrogen-bond acceptors (Lipinski definition) is 4. The van der Waals surface area contributed by atoms with E-state index in [0.29, 0.717) is 5.96 Å². The predicted octanol–water partition coefficient (Wildman–Crippen LogP) is -1.05. The van der Waals surface area contributed by atoms with E-state index in [1.807, 2.05) is 0 Å². The summed E-state index contributed by atoms with van der Waals surface area (Å²) in [5.41, 5.74) is 0.799. The zero-order valence-electron chi connectivity index (χ0n) is 8.97. The van der Waals surface area contributed by atoms with E-state index in [4.69, 9.17) is 0 Å². The van der Waals surface area contributed by atoms with Gasteiger partial charge in [0, 0.05) is 20.3 Å². The summed E-state index contributed by atoms with van der Waals surface area (Å²) in [5.74, 6) is 0.445. The summed E-state index contributed by atoms with van der Waals surface area (Å²) >= 11 is 0. The Kier molecular flexibility index (Phi) is 1.58. The molecule has 16 heavy (non-hydrogen) atoms. The Labute approximate surface area is 92.0 Å². The lowest BCUT2D eigenvalue weighted by molar-refractivity contribution is -0.118. The highest BCUT2D eigenvalue weighted by Crippen LogP contribution is 2.28. The molecule has 3 rings (SSSR count). The highest BCUT2D eigenvalue weighted by Gasteiger charge is 2.42. The highest BCUT2D eigenvalue weighted by atomic mass is 16.2. The summed E-state index contributed by atoms with van der Waals surface area (Å²) in [6, 6.07) is -0.0897. The van der Waals surface area contributed by atoms with Crippen molar-refractivity contribution in [3.8, 4) is 0 Å². The van der Waals surface area contributed by atoms with Crippen molar-refractivity contribution in [2.24, 2.45) is 4.99 Å². The fourth-order valence-corrected chi connectivity index (χ4v) is 2.08. The second-order valence-corrected chi connectivity index (χ2v) is 4.01. The topological polar surface area (TPSA) is 68.2 Å². The number of hydrogen-bond donors (Lipinski definition) is 1. The summed E-state index contributed by atoms with van der Waals surface area (Å²) in [6.45, 7) is 0.265. The molecule has 3 amide bonds. The molecular formula is C9H11N5O2. The molecule has 0 spiro atoms. The van der Waals surface area contributed by atoms with Gasteiger partial charge in [0.1, 0.15) is 6.54 Å². The van der Waals surface area contributed by atoms with Gasteiger partial charge in [0.25, 0.3) is 0 Å². The molecule has 0 aliphatic carbocycles. The van der Waals surface area contributed by atoms with Crippen LogP contribution in [0.15, 0.2) is 16.9 Å². The Morgan fingerprint density at radius 3 is 2.94 bits per heavy atom. The van der Waals surface area contributed by atoms with Crippen LogP contribution in [0.25, 0.3) is 0 Å². The molecule has 0 bridgehead atoms. The summed E-state index contributed by atoms with van der Waals surface area (Å²) in [5, 5.41) is 2.65. The first kappa shape index (κ1) is 9.20. The molecule has 3 aliphatic rings. The number of fused-ring (bicyclic) bond motifs is 2. The van der Waals surface area contributed by atoms with Crippen LogP contribution in [0, 0.1) is 0 Å². The molecule has 0 aromatic carbocycles. The summed E-state index contributed by atoms with van der Waals surface area (Å²) in [6.07, 6.45) is 1.48. The molecule has 0 radical (unpaired) electrons. The number of carbonyl (C=O) groups excluding carboxylic acids is 2. The van der Waals surface area contributed by atoms with Gasteiger partial charge in [0.05, 0.1) is 5.70 Å². The van der Waals surface area contributed by atoms with Crippen molar-refractivity contribution in [3.05, 3.63) is 11.9 Å². The summed E-state index contributed by atoms with van der Waals surface area (Å²) < 4.78 is 0. The van der Waals surface area contributed by atoms with Crippen LogP contribution in [0.4, 0.5) is 4.79 Å². The Hall–Kier alpha value is -2.05. The number of likely N-dealkylation sites (N-methyl/N-ethyl adjacent to an activating group) is 2. The van der Waals surface area contributed by atoms with Gasteiger partial charge in [-0.15, -0.1) is 0 Å². The normalized spacial score (nSPS) is 27.6. The quantitative estimate of drug-likeness (QED) is 0.567. The van der Waals surface area contributed by atoms with Crippen molar-refractivity contribution in [1.82, 2.24) is 20.0 Å².